The van der Waals surface area contributed by atoms with E-state index in [1.807, 2.05) is 0 Å². The zero-order valence-electron chi connectivity index (χ0n) is 14.2. The lowest BCUT2D eigenvalue weighted by atomic mass is 10.1. The number of rotatable bonds is 7. The second kappa shape index (κ2) is 9.03. The number of nitrogens with two attached hydrogens (primary N) is 1. The number of carbonyl (C=O) groups is 2. The summed E-state index contributed by atoms with van der Waals surface area (Å²) in [6.45, 7) is -0.173. The number of nitrogens with one attached hydrogen (secondary N) is 2. The molecule has 0 heterocycles. The third-order valence-electron chi connectivity index (χ3n) is 3.36. The first kappa shape index (κ1) is 18.7. The van der Waals surface area contributed by atoms with Crippen molar-refractivity contribution in [3.05, 3.63) is 65.7 Å². The number of carbonyl (C=O) groups excluding carboxylic acids is 2. The van der Waals surface area contributed by atoms with Crippen LogP contribution in [0, 0.1) is 5.41 Å². The van der Waals surface area contributed by atoms with Crippen LogP contribution in [0.15, 0.2) is 54.6 Å². The predicted octanol–water partition coefficient (Wildman–Crippen LogP) is 2.17. The van der Waals surface area contributed by atoms with Gasteiger partial charge in [-0.1, -0.05) is 24.3 Å². The van der Waals surface area contributed by atoms with Crippen LogP contribution < -0.4 is 15.8 Å². The number of methoxy groups -OCH3 is 1. The van der Waals surface area contributed by atoms with Crippen LogP contribution in [0.4, 0.5) is 5.69 Å². The Hall–Kier alpha value is -3.61. The minimum atomic E-state index is -0.469. The maximum absolute atomic E-state index is 12.0. The van der Waals surface area contributed by atoms with Crippen LogP contribution in [-0.2, 0) is 14.3 Å². The molecule has 0 aliphatic heterocycles. The van der Waals surface area contributed by atoms with E-state index in [1.54, 1.807) is 54.6 Å². The normalized spacial score (nSPS) is 10.3. The molecule has 0 unspecified atom stereocenters. The molecule has 1 amide bonds. The Balaban J connectivity index is 1.88. The first-order chi connectivity index (χ1) is 12.5. The lowest BCUT2D eigenvalue weighted by Gasteiger charge is -2.06. The molecular formula is C19H19N3O4. The Morgan fingerprint density at radius 1 is 1.12 bits per heavy atom. The second-order valence-electron chi connectivity index (χ2n) is 5.25. The van der Waals surface area contributed by atoms with Gasteiger partial charge in [-0.25, -0.2) is 4.79 Å². The highest BCUT2D eigenvalue weighted by molar-refractivity contribution is 6.02. The van der Waals surface area contributed by atoms with Gasteiger partial charge in [-0.15, -0.1) is 0 Å². The fraction of sp³-hybridized carbons (Fsp3) is 0.105. The zero-order chi connectivity index (χ0) is 18.9. The molecule has 7 nitrogen and oxygen atoms in total. The predicted molar refractivity (Wildman–Crippen MR) is 99.1 cm³/mol. The van der Waals surface area contributed by atoms with Crippen molar-refractivity contribution in [1.82, 2.24) is 0 Å². The molecule has 0 aliphatic carbocycles. The van der Waals surface area contributed by atoms with Crippen molar-refractivity contribution < 1.29 is 19.1 Å². The van der Waals surface area contributed by atoms with Crippen LogP contribution >= 0.6 is 0 Å². The van der Waals surface area contributed by atoms with E-state index in [9.17, 15) is 9.59 Å². The summed E-state index contributed by atoms with van der Waals surface area (Å²) in [5.41, 5.74) is 7.43. The van der Waals surface area contributed by atoms with Crippen LogP contribution in [0.3, 0.4) is 0 Å². The Bertz CT molecular complexity index is 812. The van der Waals surface area contributed by atoms with E-state index in [2.05, 4.69) is 10.1 Å². The molecule has 0 spiro atoms. The maximum atomic E-state index is 12.0. The van der Waals surface area contributed by atoms with Crippen molar-refractivity contribution in [2.75, 3.05) is 19.0 Å². The van der Waals surface area contributed by atoms with Crippen molar-refractivity contribution in [3.8, 4) is 5.75 Å². The topological polar surface area (TPSA) is 114 Å². The maximum Gasteiger partial charge on any atom is 0.343 e. The number of amidine groups is 1. The third kappa shape index (κ3) is 5.79. The average molecular weight is 353 g/mol. The highest BCUT2D eigenvalue weighted by atomic mass is 16.6. The Kier molecular flexibility index (Phi) is 6.50. The molecule has 0 aliphatic rings. The molecular weight excluding hydrogens is 334 g/mol. The van der Waals surface area contributed by atoms with E-state index in [1.165, 1.54) is 13.2 Å². The van der Waals surface area contributed by atoms with Crippen molar-refractivity contribution in [3.63, 3.8) is 0 Å². The Morgan fingerprint density at radius 2 is 1.77 bits per heavy atom. The number of benzene rings is 2. The molecule has 7 heteroatoms. The quantitative estimate of drug-likeness (QED) is 0.305. The number of ether oxygens (including phenoxy) is 2. The van der Waals surface area contributed by atoms with Crippen LogP contribution in [0.5, 0.6) is 5.75 Å². The van der Waals surface area contributed by atoms with Gasteiger partial charge in [0.25, 0.3) is 0 Å². The summed E-state index contributed by atoms with van der Waals surface area (Å²) < 4.78 is 9.71. The van der Waals surface area contributed by atoms with Gasteiger partial charge < -0.3 is 20.5 Å². The molecule has 0 aromatic heterocycles. The van der Waals surface area contributed by atoms with Crippen LogP contribution in [0.25, 0.3) is 6.08 Å². The van der Waals surface area contributed by atoms with Gasteiger partial charge in [0.2, 0.25) is 5.91 Å². The van der Waals surface area contributed by atoms with Crippen LogP contribution in [0.2, 0.25) is 0 Å². The van der Waals surface area contributed by atoms with E-state index >= 15 is 0 Å². The first-order valence-electron chi connectivity index (χ1n) is 7.71. The molecule has 0 saturated carbocycles. The van der Waals surface area contributed by atoms with Gasteiger partial charge >= 0.3 is 5.97 Å². The van der Waals surface area contributed by atoms with E-state index in [0.717, 1.165) is 5.56 Å². The van der Waals surface area contributed by atoms with Crippen molar-refractivity contribution in [1.29, 1.82) is 5.41 Å². The van der Waals surface area contributed by atoms with Crippen molar-refractivity contribution in [2.45, 2.75) is 0 Å². The molecule has 26 heavy (non-hydrogen) atoms. The SMILES string of the molecule is COC(=O)COc1ccc(NC(=O)/C=C/c2ccc(C(=N)N)cc2)cc1. The molecule has 0 radical (unpaired) electrons. The van der Waals surface area contributed by atoms with Crippen LogP contribution in [0.1, 0.15) is 11.1 Å². The minimum Gasteiger partial charge on any atom is -0.482 e. The molecule has 2 aromatic carbocycles. The van der Waals surface area contributed by atoms with E-state index in [-0.39, 0.29) is 18.3 Å². The monoisotopic (exact) mass is 353 g/mol. The van der Waals surface area contributed by atoms with Gasteiger partial charge in [0.05, 0.1) is 7.11 Å². The largest absolute Gasteiger partial charge is 0.482 e. The number of hydrogen-bond acceptors (Lipinski definition) is 5. The van der Waals surface area contributed by atoms with Gasteiger partial charge in [0, 0.05) is 17.3 Å². The molecule has 2 rings (SSSR count). The summed E-state index contributed by atoms with van der Waals surface area (Å²) >= 11 is 0. The summed E-state index contributed by atoms with van der Waals surface area (Å²) in [6, 6.07) is 13.6. The number of hydrogen-bond donors (Lipinski definition) is 3. The summed E-state index contributed by atoms with van der Waals surface area (Å²) in [4.78, 5) is 23.0. The Morgan fingerprint density at radius 3 is 2.35 bits per heavy atom. The highest BCUT2D eigenvalue weighted by Gasteiger charge is 2.03. The summed E-state index contributed by atoms with van der Waals surface area (Å²) in [5, 5.41) is 10.1. The molecule has 0 atom stereocenters. The lowest BCUT2D eigenvalue weighted by Crippen LogP contribution is -2.12. The Labute approximate surface area is 150 Å². The zero-order valence-corrected chi connectivity index (χ0v) is 14.2. The van der Waals surface area contributed by atoms with Gasteiger partial charge in [-0.05, 0) is 35.9 Å². The molecule has 134 valence electrons. The van der Waals surface area contributed by atoms with Crippen LogP contribution in [-0.4, -0.2) is 31.4 Å². The van der Waals surface area contributed by atoms with E-state index in [4.69, 9.17) is 15.9 Å². The number of amides is 1. The fourth-order valence-electron chi connectivity index (χ4n) is 1.97. The van der Waals surface area contributed by atoms with E-state index < -0.39 is 5.97 Å². The average Bonchev–Trinajstić information content (AvgIpc) is 2.65. The fourth-order valence-corrected chi connectivity index (χ4v) is 1.97. The summed E-state index contributed by atoms with van der Waals surface area (Å²) in [7, 11) is 1.29. The van der Waals surface area contributed by atoms with Gasteiger partial charge in [0.1, 0.15) is 11.6 Å². The van der Waals surface area contributed by atoms with Crippen molar-refractivity contribution in [2.24, 2.45) is 5.73 Å². The highest BCUT2D eigenvalue weighted by Crippen LogP contribution is 2.16. The molecule has 0 fully saturated rings. The molecule has 2 aromatic rings. The first-order valence-corrected chi connectivity index (χ1v) is 7.71. The summed E-state index contributed by atoms with van der Waals surface area (Å²) in [6.07, 6.45) is 3.07. The second-order valence-corrected chi connectivity index (χ2v) is 5.25. The van der Waals surface area contributed by atoms with Crippen molar-refractivity contribution >= 4 is 29.5 Å². The van der Waals surface area contributed by atoms with Gasteiger partial charge in [-0.3, -0.25) is 10.2 Å². The number of anilines is 1. The summed E-state index contributed by atoms with van der Waals surface area (Å²) in [5.74, 6) is -0.264. The molecule has 0 saturated heterocycles. The minimum absolute atomic E-state index is 0.00251. The van der Waals surface area contributed by atoms with Gasteiger partial charge in [0.15, 0.2) is 6.61 Å². The number of nitrogen functional groups attached to an aromatic ring is 1. The third-order valence-corrected chi connectivity index (χ3v) is 3.36. The number of esters is 1. The standard InChI is InChI=1S/C19H19N3O4/c1-25-18(24)12-26-16-9-7-15(8-10-16)22-17(23)11-4-13-2-5-14(6-3-13)19(20)21/h2-11H,12H2,1H3,(H3,20,21)(H,22,23)/b11-4+. The smallest absolute Gasteiger partial charge is 0.343 e. The van der Waals surface area contributed by atoms with E-state index in [0.29, 0.717) is 17.0 Å². The van der Waals surface area contributed by atoms with Gasteiger partial charge in [-0.2, -0.15) is 0 Å². The lowest BCUT2D eigenvalue weighted by molar-refractivity contribution is -0.142. The molecule has 0 bridgehead atoms. The molecule has 4 N–H and O–H groups in total.